The number of rotatable bonds is 3. The van der Waals surface area contributed by atoms with Crippen molar-refractivity contribution in [3.63, 3.8) is 0 Å². The smallest absolute Gasteiger partial charge is 0.161 e. The van der Waals surface area contributed by atoms with E-state index < -0.39 is 0 Å². The quantitative estimate of drug-likeness (QED) is 0.450. The molecule has 0 heterocycles. The lowest BCUT2D eigenvalue weighted by molar-refractivity contribution is -0.113. The number of Topliss-reactive ketones (excluding diaryl/α,β-unsaturated/α-hetero) is 1. The fourth-order valence-electron chi connectivity index (χ4n) is 0.821. The number of aliphatic imine (C=N–C) groups is 1. The zero-order chi connectivity index (χ0) is 8.85. The molecule has 0 amide bonds. The number of nitrogens with zero attached hydrogens (tertiary/aromatic N) is 1. The molecule has 0 spiro atoms. The summed E-state index contributed by atoms with van der Waals surface area (Å²) in [6.45, 7) is 5.55. The van der Waals surface area contributed by atoms with Crippen molar-refractivity contribution in [2.75, 3.05) is 7.05 Å². The van der Waals surface area contributed by atoms with Gasteiger partial charge in [-0.1, -0.05) is 12.5 Å². The van der Waals surface area contributed by atoms with E-state index in [1.807, 2.05) is 13.8 Å². The van der Waals surface area contributed by atoms with E-state index >= 15 is 0 Å². The average molecular weight is 153 g/mol. The number of hydrogen-bond donors (Lipinski definition) is 0. The molecule has 0 aromatic heterocycles. The molecule has 2 heteroatoms. The van der Waals surface area contributed by atoms with E-state index in [9.17, 15) is 4.79 Å². The largest absolute Gasteiger partial charge is 0.296 e. The van der Waals surface area contributed by atoms with Crippen LogP contribution in [0.4, 0.5) is 0 Å². The van der Waals surface area contributed by atoms with Crippen LogP contribution in [-0.4, -0.2) is 19.0 Å². The molecule has 0 aliphatic carbocycles. The summed E-state index contributed by atoms with van der Waals surface area (Å²) in [7, 11) is 1.67. The van der Waals surface area contributed by atoms with Crippen LogP contribution in [0, 0.1) is 0 Å². The first-order chi connectivity index (χ1) is 5.13. The summed E-state index contributed by atoms with van der Waals surface area (Å²) in [5.41, 5.74) is 1.85. The molecule has 0 unspecified atom stereocenters. The molecule has 62 valence electrons. The molecule has 0 fully saturated rings. The predicted molar refractivity (Wildman–Crippen MR) is 48.1 cm³/mol. The third-order valence-electron chi connectivity index (χ3n) is 1.63. The fraction of sp³-hybridized carbons (Fsp3) is 0.556. The lowest BCUT2D eigenvalue weighted by Gasteiger charge is -2.00. The van der Waals surface area contributed by atoms with Gasteiger partial charge in [0.1, 0.15) is 0 Å². The van der Waals surface area contributed by atoms with Crippen molar-refractivity contribution in [1.82, 2.24) is 0 Å². The Kier molecular flexibility index (Phi) is 4.42. The predicted octanol–water partition coefficient (Wildman–Crippen LogP) is 2.00. The number of ketones is 1. The van der Waals surface area contributed by atoms with Crippen molar-refractivity contribution in [3.05, 3.63) is 11.1 Å². The minimum absolute atomic E-state index is 0.0925. The van der Waals surface area contributed by atoms with Gasteiger partial charge in [0, 0.05) is 18.8 Å². The van der Waals surface area contributed by atoms with E-state index in [-0.39, 0.29) is 5.78 Å². The van der Waals surface area contributed by atoms with Crippen molar-refractivity contribution in [2.45, 2.75) is 27.2 Å². The molecule has 0 aliphatic heterocycles. The standard InChI is InChI=1S/C9H15NO/c1-5-7(2)9(6-10-4)8(3)11/h6H,5H2,1-4H3/b9-7-,10-6-. The minimum atomic E-state index is 0.0925. The zero-order valence-electron chi connectivity index (χ0n) is 7.64. The van der Waals surface area contributed by atoms with Crippen molar-refractivity contribution in [3.8, 4) is 0 Å². The molecule has 0 radical (unpaired) electrons. The van der Waals surface area contributed by atoms with Crippen LogP contribution < -0.4 is 0 Å². The van der Waals surface area contributed by atoms with E-state index in [2.05, 4.69) is 4.99 Å². The van der Waals surface area contributed by atoms with E-state index in [0.717, 1.165) is 17.6 Å². The first kappa shape index (κ1) is 10.1. The van der Waals surface area contributed by atoms with Crippen LogP contribution in [0.15, 0.2) is 16.1 Å². The van der Waals surface area contributed by atoms with Crippen LogP contribution in [0.25, 0.3) is 0 Å². The highest BCUT2D eigenvalue weighted by Gasteiger charge is 2.02. The van der Waals surface area contributed by atoms with Crippen LogP contribution in [-0.2, 0) is 4.79 Å². The van der Waals surface area contributed by atoms with Crippen LogP contribution in [0.5, 0.6) is 0 Å². The molecule has 0 aliphatic rings. The SMILES string of the molecule is CC/C(C)=C(/C=N\C)C(C)=O. The Morgan fingerprint density at radius 3 is 2.27 bits per heavy atom. The summed E-state index contributed by atoms with van der Waals surface area (Å²) < 4.78 is 0. The zero-order valence-corrected chi connectivity index (χ0v) is 7.64. The highest BCUT2D eigenvalue weighted by molar-refractivity contribution is 6.12. The molecule has 0 aromatic carbocycles. The Morgan fingerprint density at radius 1 is 1.45 bits per heavy atom. The Bertz CT molecular complexity index is 202. The number of carbonyl (C=O) groups is 1. The minimum Gasteiger partial charge on any atom is -0.296 e. The first-order valence-electron chi connectivity index (χ1n) is 3.76. The van der Waals surface area contributed by atoms with Crippen molar-refractivity contribution in [1.29, 1.82) is 0 Å². The van der Waals surface area contributed by atoms with Crippen molar-refractivity contribution < 1.29 is 4.79 Å². The summed E-state index contributed by atoms with van der Waals surface area (Å²) in [5, 5.41) is 0. The van der Waals surface area contributed by atoms with E-state index in [0.29, 0.717) is 0 Å². The Hall–Kier alpha value is -0.920. The molecule has 0 N–H and O–H groups in total. The molecule has 11 heavy (non-hydrogen) atoms. The fourth-order valence-corrected chi connectivity index (χ4v) is 0.821. The highest BCUT2D eigenvalue weighted by atomic mass is 16.1. The first-order valence-corrected chi connectivity index (χ1v) is 3.76. The van der Waals surface area contributed by atoms with E-state index in [4.69, 9.17) is 0 Å². The van der Waals surface area contributed by atoms with Gasteiger partial charge in [-0.3, -0.25) is 9.79 Å². The Balaban J connectivity index is 4.72. The molecule has 0 saturated heterocycles. The summed E-state index contributed by atoms with van der Waals surface area (Å²) in [6.07, 6.45) is 2.53. The van der Waals surface area contributed by atoms with E-state index in [1.54, 1.807) is 20.2 Å². The number of allylic oxidation sites excluding steroid dienone is 2. The third kappa shape index (κ3) is 3.12. The molecular formula is C9H15NO. The van der Waals surface area contributed by atoms with Gasteiger partial charge in [0.05, 0.1) is 0 Å². The molecule has 2 nitrogen and oxygen atoms in total. The van der Waals surface area contributed by atoms with Gasteiger partial charge in [-0.05, 0) is 20.3 Å². The third-order valence-corrected chi connectivity index (χ3v) is 1.63. The lowest BCUT2D eigenvalue weighted by Crippen LogP contribution is -2.01. The summed E-state index contributed by atoms with van der Waals surface area (Å²) >= 11 is 0. The Labute approximate surface area is 68.0 Å². The maximum Gasteiger partial charge on any atom is 0.161 e. The molecule has 0 atom stereocenters. The van der Waals surface area contributed by atoms with Gasteiger partial charge < -0.3 is 0 Å². The van der Waals surface area contributed by atoms with Crippen molar-refractivity contribution >= 4 is 12.0 Å². The van der Waals surface area contributed by atoms with E-state index in [1.165, 1.54) is 0 Å². The van der Waals surface area contributed by atoms with Crippen LogP contribution in [0.3, 0.4) is 0 Å². The van der Waals surface area contributed by atoms with Gasteiger partial charge in [0.25, 0.3) is 0 Å². The highest BCUT2D eigenvalue weighted by Crippen LogP contribution is 2.06. The van der Waals surface area contributed by atoms with Crippen LogP contribution in [0.2, 0.25) is 0 Å². The monoisotopic (exact) mass is 153 g/mol. The summed E-state index contributed by atoms with van der Waals surface area (Å²) in [6, 6.07) is 0. The summed E-state index contributed by atoms with van der Waals surface area (Å²) in [5.74, 6) is 0.0925. The average Bonchev–Trinajstić information content (AvgIpc) is 1.98. The molecular weight excluding hydrogens is 138 g/mol. The number of hydrogen-bond acceptors (Lipinski definition) is 2. The van der Waals surface area contributed by atoms with Crippen molar-refractivity contribution in [2.24, 2.45) is 4.99 Å². The summed E-state index contributed by atoms with van der Waals surface area (Å²) in [4.78, 5) is 14.8. The van der Waals surface area contributed by atoms with Crippen LogP contribution >= 0.6 is 0 Å². The van der Waals surface area contributed by atoms with Crippen LogP contribution in [0.1, 0.15) is 27.2 Å². The maximum absolute atomic E-state index is 11.0. The lowest BCUT2D eigenvalue weighted by atomic mass is 10.1. The van der Waals surface area contributed by atoms with Gasteiger partial charge in [-0.25, -0.2) is 0 Å². The second-order valence-electron chi connectivity index (χ2n) is 2.49. The molecule has 0 rings (SSSR count). The van der Waals surface area contributed by atoms with Gasteiger partial charge in [0.2, 0.25) is 0 Å². The van der Waals surface area contributed by atoms with Gasteiger partial charge in [-0.15, -0.1) is 0 Å². The second-order valence-corrected chi connectivity index (χ2v) is 2.49. The topological polar surface area (TPSA) is 29.4 Å². The van der Waals surface area contributed by atoms with Gasteiger partial charge >= 0.3 is 0 Å². The Morgan fingerprint density at radius 2 is 2.00 bits per heavy atom. The molecule has 0 saturated carbocycles. The normalized spacial score (nSPS) is 13.5. The van der Waals surface area contributed by atoms with Gasteiger partial charge in [0.15, 0.2) is 5.78 Å². The number of carbonyl (C=O) groups excluding carboxylic acids is 1. The maximum atomic E-state index is 11.0. The van der Waals surface area contributed by atoms with Gasteiger partial charge in [-0.2, -0.15) is 0 Å². The molecule has 0 bridgehead atoms. The second kappa shape index (κ2) is 4.83. The molecule has 0 aromatic rings.